The first-order chi connectivity index (χ1) is 19.7. The minimum Gasteiger partial charge on any atom is -0.370 e. The van der Waals surface area contributed by atoms with Crippen LogP contribution in [0, 0.1) is 0 Å². The molecule has 2 aromatic heterocycles. The highest BCUT2D eigenvalue weighted by Gasteiger charge is 2.21. The first kappa shape index (κ1) is 28.1. The highest BCUT2D eigenvalue weighted by molar-refractivity contribution is 7.90. The monoisotopic (exact) mass is 575 g/mol. The van der Waals surface area contributed by atoms with Gasteiger partial charge in [-0.1, -0.05) is 18.2 Å². The Bertz CT molecular complexity index is 1640. The predicted octanol–water partition coefficient (Wildman–Crippen LogP) is 3.24. The Labute approximate surface area is 238 Å². The van der Waals surface area contributed by atoms with Gasteiger partial charge in [0, 0.05) is 62.2 Å². The Morgan fingerprint density at radius 3 is 2.24 bits per heavy atom. The third kappa shape index (κ3) is 6.83. The number of pyridine rings is 1. The topological polar surface area (TPSA) is 143 Å². The maximum atomic E-state index is 12.5. The molecule has 0 aliphatic carbocycles. The van der Waals surface area contributed by atoms with Crippen molar-refractivity contribution >= 4 is 44.6 Å². The number of nitrogens with zero attached hydrogens (tertiary/aromatic N) is 5. The van der Waals surface area contributed by atoms with E-state index in [0.29, 0.717) is 50.4 Å². The van der Waals surface area contributed by atoms with Gasteiger partial charge in [0.15, 0.2) is 15.5 Å². The number of carbonyl (C=O) groups excluding carboxylic acids is 2. The number of unbranched alkanes of at least 4 members (excludes halogenated alkanes) is 1. The van der Waals surface area contributed by atoms with Crippen LogP contribution in [0.3, 0.4) is 0 Å². The molecule has 1 aliphatic heterocycles. The molecule has 2 amide bonds. The standard InChI is InChI=1S/C29H33N7O4S/c1-41(39,40)24-15-9-21(10-16-24)25-5-4-7-27-32-29(33-36(25)27)31-22-11-13-23(14-12-22)34-17-19-35(20-18-34)28(38)8-3-2-6-26(30)37/h4-5,7,9-16H,2-3,6,8,17-20H2,1H3,(H2,30,37)(H,31,33). The Morgan fingerprint density at radius 1 is 0.902 bits per heavy atom. The number of anilines is 3. The lowest BCUT2D eigenvalue weighted by Gasteiger charge is -2.36. The van der Waals surface area contributed by atoms with Gasteiger partial charge in [0.1, 0.15) is 0 Å². The summed E-state index contributed by atoms with van der Waals surface area (Å²) in [6, 6.07) is 20.4. The summed E-state index contributed by atoms with van der Waals surface area (Å²) in [6.45, 7) is 2.84. The van der Waals surface area contributed by atoms with Crippen LogP contribution in [0.15, 0.2) is 71.6 Å². The molecule has 12 heteroatoms. The number of nitrogens with two attached hydrogens (primary N) is 1. The summed E-state index contributed by atoms with van der Waals surface area (Å²) >= 11 is 0. The molecule has 11 nitrogen and oxygen atoms in total. The van der Waals surface area contributed by atoms with E-state index in [-0.39, 0.29) is 16.7 Å². The Kier molecular flexibility index (Phi) is 8.20. The first-order valence-corrected chi connectivity index (χ1v) is 15.4. The minimum absolute atomic E-state index is 0.127. The number of hydrogen-bond acceptors (Lipinski definition) is 8. The Morgan fingerprint density at radius 2 is 1.59 bits per heavy atom. The van der Waals surface area contributed by atoms with E-state index < -0.39 is 9.84 Å². The van der Waals surface area contributed by atoms with E-state index in [4.69, 9.17) is 5.73 Å². The second kappa shape index (κ2) is 12.0. The van der Waals surface area contributed by atoms with Crippen molar-refractivity contribution in [2.75, 3.05) is 42.7 Å². The zero-order chi connectivity index (χ0) is 29.0. The fraction of sp³-hybridized carbons (Fsp3) is 0.310. The van der Waals surface area contributed by atoms with Crippen molar-refractivity contribution in [1.82, 2.24) is 19.5 Å². The second-order valence-corrected chi connectivity index (χ2v) is 12.1. The van der Waals surface area contributed by atoms with Crippen LogP contribution in [-0.2, 0) is 19.4 Å². The first-order valence-electron chi connectivity index (χ1n) is 13.5. The zero-order valence-electron chi connectivity index (χ0n) is 22.9. The van der Waals surface area contributed by atoms with Crippen molar-refractivity contribution in [3.05, 3.63) is 66.7 Å². The van der Waals surface area contributed by atoms with Gasteiger partial charge in [0.25, 0.3) is 0 Å². The van der Waals surface area contributed by atoms with Crippen LogP contribution in [0.1, 0.15) is 25.7 Å². The second-order valence-electron chi connectivity index (χ2n) is 10.1. The molecule has 41 heavy (non-hydrogen) atoms. The molecule has 0 atom stereocenters. The average molecular weight is 576 g/mol. The number of aromatic nitrogens is 3. The lowest BCUT2D eigenvalue weighted by molar-refractivity contribution is -0.131. The number of carbonyl (C=O) groups is 2. The molecule has 0 spiro atoms. The van der Waals surface area contributed by atoms with Crippen LogP contribution in [0.4, 0.5) is 17.3 Å². The largest absolute Gasteiger partial charge is 0.370 e. The molecule has 0 unspecified atom stereocenters. The molecular weight excluding hydrogens is 542 g/mol. The smallest absolute Gasteiger partial charge is 0.247 e. The van der Waals surface area contributed by atoms with E-state index in [1.165, 1.54) is 6.26 Å². The number of fused-ring (bicyclic) bond motifs is 1. The maximum Gasteiger partial charge on any atom is 0.247 e. The van der Waals surface area contributed by atoms with Gasteiger partial charge in [0.2, 0.25) is 17.8 Å². The Hall–Kier alpha value is -4.45. The van der Waals surface area contributed by atoms with Crippen LogP contribution >= 0.6 is 0 Å². The lowest BCUT2D eigenvalue weighted by atomic mass is 10.1. The van der Waals surface area contributed by atoms with Gasteiger partial charge >= 0.3 is 0 Å². The van der Waals surface area contributed by atoms with Crippen molar-refractivity contribution in [3.63, 3.8) is 0 Å². The number of sulfone groups is 1. The van der Waals surface area contributed by atoms with E-state index in [2.05, 4.69) is 20.3 Å². The summed E-state index contributed by atoms with van der Waals surface area (Å²) in [5, 5.41) is 7.90. The van der Waals surface area contributed by atoms with E-state index in [0.717, 1.165) is 35.7 Å². The van der Waals surface area contributed by atoms with E-state index >= 15 is 0 Å². The lowest BCUT2D eigenvalue weighted by Crippen LogP contribution is -2.48. The summed E-state index contributed by atoms with van der Waals surface area (Å²) in [7, 11) is -3.27. The molecule has 1 aliphatic rings. The fourth-order valence-electron chi connectivity index (χ4n) is 4.88. The quantitative estimate of drug-likeness (QED) is 0.275. The summed E-state index contributed by atoms with van der Waals surface area (Å²) < 4.78 is 25.3. The van der Waals surface area contributed by atoms with E-state index in [1.54, 1.807) is 28.8 Å². The van der Waals surface area contributed by atoms with Crippen molar-refractivity contribution in [1.29, 1.82) is 0 Å². The van der Waals surface area contributed by atoms with Crippen LogP contribution in [0.5, 0.6) is 0 Å². The van der Waals surface area contributed by atoms with E-state index in [9.17, 15) is 18.0 Å². The molecule has 1 saturated heterocycles. The SMILES string of the molecule is CS(=O)(=O)c1ccc(-c2cccc3nc(Nc4ccc(N5CCN(C(=O)CCCCC(N)=O)CC5)cc4)nn23)cc1. The molecule has 0 bridgehead atoms. The van der Waals surface area contributed by atoms with Crippen molar-refractivity contribution < 1.29 is 18.0 Å². The minimum atomic E-state index is -3.27. The number of hydrogen-bond donors (Lipinski definition) is 2. The van der Waals surface area contributed by atoms with Crippen LogP contribution in [0.2, 0.25) is 0 Å². The number of piperazine rings is 1. The molecule has 0 saturated carbocycles. The normalized spacial score (nSPS) is 13.9. The van der Waals surface area contributed by atoms with Crippen LogP contribution in [-0.4, -0.2) is 72.2 Å². The van der Waals surface area contributed by atoms with Gasteiger partial charge in [-0.15, -0.1) is 5.10 Å². The third-order valence-corrected chi connectivity index (χ3v) is 8.25. The fourth-order valence-corrected chi connectivity index (χ4v) is 5.51. The molecule has 214 valence electrons. The molecular formula is C29H33N7O4S. The molecule has 5 rings (SSSR count). The molecule has 4 aromatic rings. The van der Waals surface area contributed by atoms with Crippen molar-refractivity contribution in [3.8, 4) is 11.3 Å². The van der Waals surface area contributed by atoms with Crippen molar-refractivity contribution in [2.45, 2.75) is 30.6 Å². The molecule has 3 N–H and O–H groups in total. The number of amides is 2. The highest BCUT2D eigenvalue weighted by Crippen LogP contribution is 2.25. The van der Waals surface area contributed by atoms with Gasteiger partial charge in [-0.05, 0) is 61.4 Å². The van der Waals surface area contributed by atoms with Gasteiger partial charge in [-0.2, -0.15) is 4.98 Å². The van der Waals surface area contributed by atoms with Gasteiger partial charge < -0.3 is 20.9 Å². The zero-order valence-corrected chi connectivity index (χ0v) is 23.7. The summed E-state index contributed by atoms with van der Waals surface area (Å²) in [4.78, 5) is 32.3. The van der Waals surface area contributed by atoms with Crippen molar-refractivity contribution in [2.24, 2.45) is 5.73 Å². The summed E-state index contributed by atoms with van der Waals surface area (Å²) in [6.07, 6.45) is 3.28. The van der Waals surface area contributed by atoms with Crippen LogP contribution in [0.25, 0.3) is 16.9 Å². The summed E-state index contributed by atoms with van der Waals surface area (Å²) in [5.41, 5.74) is 9.36. The van der Waals surface area contributed by atoms with Gasteiger partial charge in [0.05, 0.1) is 10.6 Å². The molecule has 2 aromatic carbocycles. The van der Waals surface area contributed by atoms with Crippen LogP contribution < -0.4 is 16.0 Å². The molecule has 0 radical (unpaired) electrons. The number of nitrogens with one attached hydrogen (secondary N) is 1. The van der Waals surface area contributed by atoms with Gasteiger partial charge in [-0.25, -0.2) is 12.9 Å². The highest BCUT2D eigenvalue weighted by atomic mass is 32.2. The van der Waals surface area contributed by atoms with E-state index in [1.807, 2.05) is 47.4 Å². The maximum absolute atomic E-state index is 12.5. The third-order valence-electron chi connectivity index (χ3n) is 7.12. The number of primary amides is 1. The molecule has 3 heterocycles. The predicted molar refractivity (Wildman–Crippen MR) is 158 cm³/mol. The number of rotatable bonds is 10. The Balaban J connectivity index is 1.19. The van der Waals surface area contributed by atoms with Gasteiger partial charge in [-0.3, -0.25) is 9.59 Å². The average Bonchev–Trinajstić information content (AvgIpc) is 3.38. The molecule has 1 fully saturated rings. The number of benzene rings is 2. The summed E-state index contributed by atoms with van der Waals surface area (Å²) in [5.74, 6) is 0.246.